The lowest BCUT2D eigenvalue weighted by molar-refractivity contribution is 0.386. The molecule has 21 heavy (non-hydrogen) atoms. The van der Waals surface area contributed by atoms with Crippen LogP contribution in [0.4, 0.5) is 0 Å². The number of benzene rings is 1. The number of aryl methyl sites for hydroxylation is 2. The molecule has 5 heteroatoms. The van der Waals surface area contributed by atoms with Crippen LogP contribution >= 0.6 is 38.9 Å². The first-order valence-corrected chi connectivity index (χ1v) is 8.86. The first-order valence-electron chi connectivity index (χ1n) is 6.81. The number of fused-ring (bicyclic) bond motifs is 1. The molecule has 0 spiro atoms. The Kier molecular flexibility index (Phi) is 4.48. The second-order valence-corrected chi connectivity index (χ2v) is 7.42. The zero-order chi connectivity index (χ0) is 15.0. The highest BCUT2D eigenvalue weighted by Gasteiger charge is 2.24. The van der Waals surface area contributed by atoms with Crippen molar-refractivity contribution in [2.75, 3.05) is 14.2 Å². The molecule has 0 saturated heterocycles. The van der Waals surface area contributed by atoms with E-state index in [1.54, 1.807) is 14.2 Å². The average Bonchev–Trinajstić information content (AvgIpc) is 3.07. The second kappa shape index (κ2) is 6.19. The van der Waals surface area contributed by atoms with Crippen LogP contribution < -0.4 is 9.47 Å². The first kappa shape index (κ1) is 15.2. The Morgan fingerprint density at radius 2 is 2.05 bits per heavy atom. The summed E-state index contributed by atoms with van der Waals surface area (Å²) in [6.07, 6.45) is 3.64. The molecule has 1 aliphatic carbocycles. The lowest BCUT2D eigenvalue weighted by atomic mass is 10.1. The molecule has 1 aromatic heterocycles. The van der Waals surface area contributed by atoms with Gasteiger partial charge in [0.25, 0.3) is 0 Å². The molecule has 0 aliphatic heterocycles. The minimum Gasteiger partial charge on any atom is -0.495 e. The standard InChI is InChI=1S/C16H16BrClO2S/c1-19-11-7-6-10(16(20-2)14(11)17)15(18)13-8-9-4-3-5-12(9)21-13/h6-8,15H,3-5H2,1-2H3. The number of methoxy groups -OCH3 is 2. The third kappa shape index (κ3) is 2.69. The summed E-state index contributed by atoms with van der Waals surface area (Å²) >= 11 is 12.1. The summed E-state index contributed by atoms with van der Waals surface area (Å²) in [4.78, 5) is 2.68. The van der Waals surface area contributed by atoms with E-state index in [1.165, 1.54) is 34.6 Å². The smallest absolute Gasteiger partial charge is 0.141 e. The van der Waals surface area contributed by atoms with Crippen molar-refractivity contribution in [1.29, 1.82) is 0 Å². The van der Waals surface area contributed by atoms with Crippen molar-refractivity contribution in [3.63, 3.8) is 0 Å². The summed E-state index contributed by atoms with van der Waals surface area (Å²) in [5, 5.41) is -0.197. The van der Waals surface area contributed by atoms with E-state index in [9.17, 15) is 0 Å². The molecule has 112 valence electrons. The molecule has 2 nitrogen and oxygen atoms in total. The van der Waals surface area contributed by atoms with E-state index >= 15 is 0 Å². The van der Waals surface area contributed by atoms with Crippen LogP contribution in [0.5, 0.6) is 11.5 Å². The zero-order valence-corrected chi connectivity index (χ0v) is 15.1. The Hall–Kier alpha value is -0.710. The number of ether oxygens (including phenoxy) is 2. The molecule has 0 N–H and O–H groups in total. The molecule has 1 atom stereocenters. The van der Waals surface area contributed by atoms with Crippen molar-refractivity contribution >= 4 is 38.9 Å². The van der Waals surface area contributed by atoms with Gasteiger partial charge < -0.3 is 9.47 Å². The molecule has 3 rings (SSSR count). The fraction of sp³-hybridized carbons (Fsp3) is 0.375. The molecule has 0 amide bonds. The molecular weight excluding hydrogens is 372 g/mol. The number of hydrogen-bond donors (Lipinski definition) is 0. The highest BCUT2D eigenvalue weighted by Crippen LogP contribution is 2.46. The van der Waals surface area contributed by atoms with Crippen molar-refractivity contribution in [2.45, 2.75) is 24.6 Å². The fourth-order valence-corrected chi connectivity index (χ4v) is 5.06. The minimum atomic E-state index is -0.197. The van der Waals surface area contributed by atoms with Crippen molar-refractivity contribution in [1.82, 2.24) is 0 Å². The Morgan fingerprint density at radius 1 is 1.24 bits per heavy atom. The van der Waals surface area contributed by atoms with Gasteiger partial charge in [0.2, 0.25) is 0 Å². The van der Waals surface area contributed by atoms with E-state index in [2.05, 4.69) is 22.0 Å². The van der Waals surface area contributed by atoms with Gasteiger partial charge in [0.1, 0.15) is 16.0 Å². The van der Waals surface area contributed by atoms with E-state index in [0.29, 0.717) is 0 Å². The minimum absolute atomic E-state index is 0.197. The highest BCUT2D eigenvalue weighted by atomic mass is 79.9. The maximum atomic E-state index is 6.72. The SMILES string of the molecule is COc1ccc(C(Cl)c2cc3c(s2)CCC3)c(OC)c1Br. The quantitative estimate of drug-likeness (QED) is 0.659. The van der Waals surface area contributed by atoms with Crippen LogP contribution in [-0.4, -0.2) is 14.2 Å². The van der Waals surface area contributed by atoms with Gasteiger partial charge in [0, 0.05) is 15.3 Å². The van der Waals surface area contributed by atoms with Gasteiger partial charge in [0.05, 0.1) is 19.6 Å². The Bertz CT molecular complexity index is 647. The molecular formula is C16H16BrClO2S. The third-order valence-corrected chi connectivity index (χ3v) is 6.46. The van der Waals surface area contributed by atoms with E-state index in [1.807, 2.05) is 23.5 Å². The number of hydrogen-bond acceptors (Lipinski definition) is 3. The monoisotopic (exact) mass is 386 g/mol. The predicted molar refractivity (Wildman–Crippen MR) is 91.3 cm³/mol. The Morgan fingerprint density at radius 3 is 2.71 bits per heavy atom. The van der Waals surface area contributed by atoms with E-state index in [0.717, 1.165) is 21.5 Å². The van der Waals surface area contributed by atoms with Crippen molar-refractivity contribution in [3.8, 4) is 11.5 Å². The van der Waals surface area contributed by atoms with Crippen LogP contribution in [0.1, 0.15) is 32.7 Å². The van der Waals surface area contributed by atoms with E-state index < -0.39 is 0 Å². The van der Waals surface area contributed by atoms with Gasteiger partial charge in [-0.2, -0.15) is 0 Å². The molecule has 2 aromatic rings. The van der Waals surface area contributed by atoms with E-state index in [-0.39, 0.29) is 5.38 Å². The lowest BCUT2D eigenvalue weighted by Crippen LogP contribution is -1.98. The van der Waals surface area contributed by atoms with Gasteiger partial charge in [-0.1, -0.05) is 0 Å². The summed E-state index contributed by atoms with van der Waals surface area (Å²) in [6.45, 7) is 0. The Labute approximate surface area is 142 Å². The van der Waals surface area contributed by atoms with E-state index in [4.69, 9.17) is 21.1 Å². The second-order valence-electron chi connectivity index (χ2n) is 5.02. The van der Waals surface area contributed by atoms with Crippen LogP contribution in [0.3, 0.4) is 0 Å². The van der Waals surface area contributed by atoms with Crippen LogP contribution in [0, 0.1) is 0 Å². The number of alkyl halides is 1. The predicted octanol–water partition coefficient (Wildman–Crippen LogP) is 5.34. The summed E-state index contributed by atoms with van der Waals surface area (Å²) in [7, 11) is 3.29. The zero-order valence-electron chi connectivity index (χ0n) is 11.9. The summed E-state index contributed by atoms with van der Waals surface area (Å²) in [5.41, 5.74) is 2.43. The van der Waals surface area contributed by atoms with Gasteiger partial charge >= 0.3 is 0 Å². The largest absolute Gasteiger partial charge is 0.495 e. The average molecular weight is 388 g/mol. The van der Waals surface area contributed by atoms with Crippen LogP contribution in [0.15, 0.2) is 22.7 Å². The maximum Gasteiger partial charge on any atom is 0.141 e. The normalized spacial score (nSPS) is 14.9. The lowest BCUT2D eigenvalue weighted by Gasteiger charge is -2.16. The van der Waals surface area contributed by atoms with Crippen LogP contribution in [-0.2, 0) is 12.8 Å². The molecule has 0 saturated carbocycles. The molecule has 1 heterocycles. The molecule has 0 bridgehead atoms. The van der Waals surface area contributed by atoms with Gasteiger partial charge in [-0.05, 0) is 59.0 Å². The number of halogens is 2. The van der Waals surface area contributed by atoms with Crippen molar-refractivity contribution in [3.05, 3.63) is 43.6 Å². The Balaban J connectivity index is 2.00. The molecule has 1 aliphatic rings. The van der Waals surface area contributed by atoms with Gasteiger partial charge in [0.15, 0.2) is 0 Å². The topological polar surface area (TPSA) is 18.5 Å². The van der Waals surface area contributed by atoms with Gasteiger partial charge in [-0.15, -0.1) is 22.9 Å². The first-order chi connectivity index (χ1) is 10.2. The number of rotatable bonds is 4. The molecule has 0 radical (unpaired) electrons. The highest BCUT2D eigenvalue weighted by molar-refractivity contribution is 9.10. The summed E-state index contributed by atoms with van der Waals surface area (Å²) < 4.78 is 11.6. The molecule has 1 unspecified atom stereocenters. The van der Waals surface area contributed by atoms with Gasteiger partial charge in [-0.3, -0.25) is 0 Å². The van der Waals surface area contributed by atoms with Crippen LogP contribution in [0.2, 0.25) is 0 Å². The summed E-state index contributed by atoms with van der Waals surface area (Å²) in [6, 6.07) is 6.14. The molecule has 0 fully saturated rings. The van der Waals surface area contributed by atoms with Gasteiger partial charge in [-0.25, -0.2) is 0 Å². The van der Waals surface area contributed by atoms with Crippen molar-refractivity contribution in [2.24, 2.45) is 0 Å². The maximum absolute atomic E-state index is 6.72. The van der Waals surface area contributed by atoms with Crippen molar-refractivity contribution < 1.29 is 9.47 Å². The number of thiophene rings is 1. The molecule has 1 aromatic carbocycles. The summed E-state index contributed by atoms with van der Waals surface area (Å²) in [5.74, 6) is 1.48. The van der Waals surface area contributed by atoms with Crippen LogP contribution in [0.25, 0.3) is 0 Å². The fourth-order valence-electron chi connectivity index (χ4n) is 2.75. The third-order valence-electron chi connectivity index (χ3n) is 3.80.